The lowest BCUT2D eigenvalue weighted by molar-refractivity contribution is 0.0177. The molecule has 22 heavy (non-hydrogen) atoms. The van der Waals surface area contributed by atoms with E-state index in [4.69, 9.17) is 0 Å². The molecule has 1 aliphatic heterocycles. The second kappa shape index (κ2) is 6.94. The van der Waals surface area contributed by atoms with Gasteiger partial charge in [-0.2, -0.15) is 12.7 Å². The average Bonchev–Trinajstić information content (AvgIpc) is 2.55. The van der Waals surface area contributed by atoms with Crippen LogP contribution in [0.4, 0.5) is 0 Å². The van der Waals surface area contributed by atoms with Gasteiger partial charge in [-0.3, -0.25) is 4.90 Å². The average molecular weight is 392 g/mol. The summed E-state index contributed by atoms with van der Waals surface area (Å²) in [6, 6.07) is 7.87. The van der Waals surface area contributed by atoms with Crippen molar-refractivity contribution in [3.05, 3.63) is 34.3 Å². The zero-order valence-electron chi connectivity index (χ0n) is 12.8. The Morgan fingerprint density at radius 1 is 1.23 bits per heavy atom. The first-order valence-corrected chi connectivity index (χ1v) is 9.37. The molecule has 0 saturated carbocycles. The number of rotatable bonds is 5. The highest BCUT2D eigenvalue weighted by molar-refractivity contribution is 9.10. The summed E-state index contributed by atoms with van der Waals surface area (Å²) in [7, 11) is -1.96. The Morgan fingerprint density at radius 2 is 1.77 bits per heavy atom. The van der Waals surface area contributed by atoms with E-state index in [-0.39, 0.29) is 6.61 Å². The van der Waals surface area contributed by atoms with Crippen molar-refractivity contribution in [3.63, 3.8) is 0 Å². The van der Waals surface area contributed by atoms with E-state index >= 15 is 0 Å². The van der Waals surface area contributed by atoms with Crippen molar-refractivity contribution >= 4 is 26.1 Å². The van der Waals surface area contributed by atoms with Gasteiger partial charge in [0.2, 0.25) is 0 Å². The van der Waals surface area contributed by atoms with Crippen LogP contribution in [0.2, 0.25) is 0 Å². The van der Waals surface area contributed by atoms with E-state index < -0.39 is 15.7 Å². The van der Waals surface area contributed by atoms with Crippen molar-refractivity contribution in [1.82, 2.24) is 13.9 Å². The molecule has 0 aliphatic carbocycles. The van der Waals surface area contributed by atoms with Gasteiger partial charge in [0, 0.05) is 37.7 Å². The maximum absolute atomic E-state index is 11.8. The third-order valence-corrected chi connectivity index (χ3v) is 6.40. The van der Waals surface area contributed by atoms with Gasteiger partial charge in [0.15, 0.2) is 0 Å². The SMILES string of the molecule is CNS(=O)(=O)N1CCN(C(C)(CO)c2ccc(Br)cc2)CC1. The summed E-state index contributed by atoms with van der Waals surface area (Å²) < 4.78 is 28.4. The molecule has 1 saturated heterocycles. The fourth-order valence-corrected chi connectivity index (χ4v) is 3.90. The van der Waals surface area contributed by atoms with Crippen LogP contribution in [0.5, 0.6) is 0 Å². The first kappa shape index (κ1) is 17.8. The van der Waals surface area contributed by atoms with Gasteiger partial charge in [-0.15, -0.1) is 0 Å². The van der Waals surface area contributed by atoms with Crippen molar-refractivity contribution in [3.8, 4) is 0 Å². The molecular formula is C14H22BrN3O3S. The number of aliphatic hydroxyl groups excluding tert-OH is 1. The molecule has 1 heterocycles. The zero-order valence-corrected chi connectivity index (χ0v) is 15.2. The minimum absolute atomic E-state index is 0.0204. The third-order valence-electron chi connectivity index (χ3n) is 4.31. The van der Waals surface area contributed by atoms with Gasteiger partial charge < -0.3 is 5.11 Å². The van der Waals surface area contributed by atoms with Crippen LogP contribution in [0.25, 0.3) is 0 Å². The fraction of sp³-hybridized carbons (Fsp3) is 0.571. The number of benzene rings is 1. The van der Waals surface area contributed by atoms with E-state index in [0.717, 1.165) is 10.0 Å². The summed E-state index contributed by atoms with van der Waals surface area (Å²) >= 11 is 3.41. The number of halogens is 1. The molecule has 2 rings (SSSR count). The summed E-state index contributed by atoms with van der Waals surface area (Å²) in [5.41, 5.74) is 0.499. The normalized spacial score (nSPS) is 20.7. The molecule has 2 N–H and O–H groups in total. The Balaban J connectivity index is 2.15. The monoisotopic (exact) mass is 391 g/mol. The number of piperazine rings is 1. The Bertz CT molecular complexity index is 600. The van der Waals surface area contributed by atoms with Crippen LogP contribution in [-0.2, 0) is 15.7 Å². The Labute approximate surface area is 140 Å². The second-order valence-corrected chi connectivity index (χ2v) is 8.32. The van der Waals surface area contributed by atoms with Crippen LogP contribution in [0.1, 0.15) is 12.5 Å². The number of nitrogens with zero attached hydrogens (tertiary/aromatic N) is 2. The summed E-state index contributed by atoms with van der Waals surface area (Å²) in [5.74, 6) is 0. The molecule has 8 heteroatoms. The molecule has 1 aromatic carbocycles. The van der Waals surface area contributed by atoms with Gasteiger partial charge in [-0.1, -0.05) is 28.1 Å². The van der Waals surface area contributed by atoms with Crippen LogP contribution in [0, 0.1) is 0 Å². The van der Waals surface area contributed by atoms with Gasteiger partial charge in [0.25, 0.3) is 10.2 Å². The highest BCUT2D eigenvalue weighted by Gasteiger charge is 2.37. The molecule has 0 radical (unpaired) electrons. The largest absolute Gasteiger partial charge is 0.394 e. The molecule has 0 bridgehead atoms. The maximum atomic E-state index is 11.8. The molecule has 6 nitrogen and oxygen atoms in total. The van der Waals surface area contributed by atoms with Crippen LogP contribution < -0.4 is 4.72 Å². The lowest BCUT2D eigenvalue weighted by Crippen LogP contribution is -2.57. The Kier molecular flexibility index (Phi) is 5.63. The molecule has 0 amide bonds. The van der Waals surface area contributed by atoms with Crippen LogP contribution in [0.15, 0.2) is 28.7 Å². The molecule has 1 aromatic rings. The maximum Gasteiger partial charge on any atom is 0.279 e. The number of hydrogen-bond donors (Lipinski definition) is 2. The van der Waals surface area contributed by atoms with Gasteiger partial charge in [0.1, 0.15) is 0 Å². The number of hydrogen-bond acceptors (Lipinski definition) is 4. The van der Waals surface area contributed by atoms with E-state index in [1.807, 2.05) is 31.2 Å². The van der Waals surface area contributed by atoms with Crippen molar-refractivity contribution in [2.75, 3.05) is 39.8 Å². The smallest absolute Gasteiger partial charge is 0.279 e. The van der Waals surface area contributed by atoms with Gasteiger partial charge in [-0.25, -0.2) is 4.72 Å². The molecule has 1 atom stereocenters. The molecule has 0 aromatic heterocycles. The summed E-state index contributed by atoms with van der Waals surface area (Å²) in [5, 5.41) is 9.93. The summed E-state index contributed by atoms with van der Waals surface area (Å²) in [6.45, 7) is 3.94. The highest BCUT2D eigenvalue weighted by Crippen LogP contribution is 2.30. The predicted octanol–water partition coefficient (Wildman–Crippen LogP) is 0.738. The quantitative estimate of drug-likeness (QED) is 0.776. The van der Waals surface area contributed by atoms with Crippen LogP contribution >= 0.6 is 15.9 Å². The fourth-order valence-electron chi connectivity index (χ4n) is 2.73. The molecular weight excluding hydrogens is 370 g/mol. The van der Waals surface area contributed by atoms with E-state index in [1.165, 1.54) is 11.4 Å². The molecule has 124 valence electrons. The predicted molar refractivity (Wildman–Crippen MR) is 89.7 cm³/mol. The second-order valence-electron chi connectivity index (χ2n) is 5.53. The first-order valence-electron chi connectivity index (χ1n) is 7.14. The van der Waals surface area contributed by atoms with Crippen LogP contribution in [-0.4, -0.2) is 62.6 Å². The third kappa shape index (κ3) is 3.52. The standard InChI is InChI=1S/C14H22BrN3O3S/c1-14(11-19,12-3-5-13(15)6-4-12)17-7-9-18(10-8-17)22(20,21)16-2/h3-6,16,19H,7-11H2,1-2H3. The Hall–Kier alpha value is -0.510. The number of aliphatic hydroxyl groups is 1. The topological polar surface area (TPSA) is 72.9 Å². The molecule has 1 unspecified atom stereocenters. The molecule has 1 aliphatic rings. The van der Waals surface area contributed by atoms with E-state index in [9.17, 15) is 13.5 Å². The molecule has 1 fully saturated rings. The van der Waals surface area contributed by atoms with Gasteiger partial charge in [0.05, 0.1) is 12.1 Å². The van der Waals surface area contributed by atoms with E-state index in [0.29, 0.717) is 26.2 Å². The van der Waals surface area contributed by atoms with Gasteiger partial charge >= 0.3 is 0 Å². The van der Waals surface area contributed by atoms with Gasteiger partial charge in [-0.05, 0) is 24.6 Å². The lowest BCUT2D eigenvalue weighted by Gasteiger charge is -2.44. The van der Waals surface area contributed by atoms with Crippen LogP contribution in [0.3, 0.4) is 0 Å². The van der Waals surface area contributed by atoms with E-state index in [1.54, 1.807) is 0 Å². The highest BCUT2D eigenvalue weighted by atomic mass is 79.9. The number of nitrogens with one attached hydrogen (secondary N) is 1. The minimum Gasteiger partial charge on any atom is -0.394 e. The Morgan fingerprint density at radius 3 is 2.23 bits per heavy atom. The molecule has 0 spiro atoms. The van der Waals surface area contributed by atoms with Crippen molar-refractivity contribution in [2.24, 2.45) is 0 Å². The van der Waals surface area contributed by atoms with Crippen molar-refractivity contribution in [2.45, 2.75) is 12.5 Å². The first-order chi connectivity index (χ1) is 10.3. The zero-order chi connectivity index (χ0) is 16.4. The summed E-state index contributed by atoms with van der Waals surface area (Å²) in [6.07, 6.45) is 0. The van der Waals surface area contributed by atoms with E-state index in [2.05, 4.69) is 25.6 Å². The van der Waals surface area contributed by atoms with Crippen molar-refractivity contribution < 1.29 is 13.5 Å². The van der Waals surface area contributed by atoms with Crippen molar-refractivity contribution in [1.29, 1.82) is 0 Å². The lowest BCUT2D eigenvalue weighted by atomic mass is 9.90. The minimum atomic E-state index is -3.38. The summed E-state index contributed by atoms with van der Waals surface area (Å²) in [4.78, 5) is 2.14.